The second-order valence-corrected chi connectivity index (χ2v) is 5.43. The maximum Gasteiger partial charge on any atom is 0.161 e. The van der Waals surface area contributed by atoms with Crippen LogP contribution in [0.3, 0.4) is 0 Å². The second kappa shape index (κ2) is 5.16. The van der Waals surface area contributed by atoms with E-state index < -0.39 is 0 Å². The predicted molar refractivity (Wildman–Crippen MR) is 70.2 cm³/mol. The summed E-state index contributed by atoms with van der Waals surface area (Å²) >= 11 is 0. The minimum atomic E-state index is -0.227. The summed E-state index contributed by atoms with van der Waals surface area (Å²) in [5, 5.41) is 0. The van der Waals surface area contributed by atoms with Gasteiger partial charge in [0.1, 0.15) is 6.10 Å². The third kappa shape index (κ3) is 3.37. The minimum absolute atomic E-state index is 0.149. The van der Waals surface area contributed by atoms with Crippen LogP contribution < -0.4 is 15.2 Å². The summed E-state index contributed by atoms with van der Waals surface area (Å²) in [5.74, 6) is 1.52. The fraction of sp³-hybridized carbons (Fsp3) is 0.571. The van der Waals surface area contributed by atoms with E-state index in [0.717, 1.165) is 23.5 Å². The summed E-state index contributed by atoms with van der Waals surface area (Å²) in [6, 6.07) is 5.97. The zero-order valence-corrected chi connectivity index (χ0v) is 11.2. The monoisotopic (exact) mass is 251 g/mol. The first-order valence-electron chi connectivity index (χ1n) is 6.18. The molecule has 1 heterocycles. The van der Waals surface area contributed by atoms with Crippen LogP contribution in [0.5, 0.6) is 11.5 Å². The molecule has 4 heteroatoms. The number of ether oxygens (including phenoxy) is 3. The maximum absolute atomic E-state index is 6.02. The highest BCUT2D eigenvalue weighted by Crippen LogP contribution is 2.30. The zero-order valence-electron chi connectivity index (χ0n) is 11.2. The standard InChI is InChI=1S/C14H21NO3/c1-14(2,15)7-10-4-5-12(13(6-10)16-3)18-11-8-17-9-11/h4-6,11H,7-9,15H2,1-3H3. The lowest BCUT2D eigenvalue weighted by Crippen LogP contribution is -2.38. The molecule has 1 fully saturated rings. The van der Waals surface area contributed by atoms with Gasteiger partial charge in [0.2, 0.25) is 0 Å². The Morgan fingerprint density at radius 2 is 2.06 bits per heavy atom. The smallest absolute Gasteiger partial charge is 0.161 e. The van der Waals surface area contributed by atoms with Gasteiger partial charge in [-0.1, -0.05) is 6.07 Å². The van der Waals surface area contributed by atoms with E-state index in [1.54, 1.807) is 7.11 Å². The summed E-state index contributed by atoms with van der Waals surface area (Å²) in [7, 11) is 1.65. The molecule has 1 saturated heterocycles. The van der Waals surface area contributed by atoms with Crippen molar-refractivity contribution in [1.82, 2.24) is 0 Å². The highest BCUT2D eigenvalue weighted by atomic mass is 16.6. The van der Waals surface area contributed by atoms with Crippen molar-refractivity contribution in [3.63, 3.8) is 0 Å². The maximum atomic E-state index is 6.02. The number of nitrogens with two attached hydrogens (primary N) is 1. The van der Waals surface area contributed by atoms with Crippen molar-refractivity contribution in [3.05, 3.63) is 23.8 Å². The topological polar surface area (TPSA) is 53.7 Å². The summed E-state index contributed by atoms with van der Waals surface area (Å²) in [6.45, 7) is 5.33. The SMILES string of the molecule is COc1cc(CC(C)(C)N)ccc1OC1COC1. The Morgan fingerprint density at radius 3 is 2.56 bits per heavy atom. The molecule has 1 aromatic carbocycles. The molecule has 2 rings (SSSR count). The van der Waals surface area contributed by atoms with Crippen LogP contribution in [-0.2, 0) is 11.2 Å². The molecular formula is C14H21NO3. The lowest BCUT2D eigenvalue weighted by molar-refractivity contribution is -0.0803. The van der Waals surface area contributed by atoms with Crippen LogP contribution in [0.4, 0.5) is 0 Å². The quantitative estimate of drug-likeness (QED) is 0.866. The molecule has 0 radical (unpaired) electrons. The van der Waals surface area contributed by atoms with Gasteiger partial charge in [-0.05, 0) is 38.0 Å². The molecule has 100 valence electrons. The van der Waals surface area contributed by atoms with E-state index in [1.165, 1.54) is 0 Å². The number of rotatable bonds is 5. The first-order chi connectivity index (χ1) is 8.48. The average Bonchev–Trinajstić information content (AvgIpc) is 2.22. The first kappa shape index (κ1) is 13.2. The Balaban J connectivity index is 2.11. The second-order valence-electron chi connectivity index (χ2n) is 5.43. The Labute approximate surface area is 108 Å². The molecule has 0 spiro atoms. The molecule has 1 aromatic rings. The molecule has 1 aliphatic heterocycles. The van der Waals surface area contributed by atoms with E-state index in [9.17, 15) is 0 Å². The molecule has 18 heavy (non-hydrogen) atoms. The third-order valence-corrected chi connectivity index (χ3v) is 2.79. The van der Waals surface area contributed by atoms with Gasteiger partial charge in [-0.15, -0.1) is 0 Å². The van der Waals surface area contributed by atoms with Crippen molar-refractivity contribution < 1.29 is 14.2 Å². The minimum Gasteiger partial charge on any atom is -0.493 e. The van der Waals surface area contributed by atoms with E-state index in [4.69, 9.17) is 19.9 Å². The Morgan fingerprint density at radius 1 is 1.33 bits per heavy atom. The van der Waals surface area contributed by atoms with Crippen LogP contribution in [0.15, 0.2) is 18.2 Å². The van der Waals surface area contributed by atoms with E-state index in [2.05, 4.69) is 0 Å². The predicted octanol–water partition coefficient (Wildman–Crippen LogP) is 1.75. The Bertz CT molecular complexity index is 408. The number of methoxy groups -OCH3 is 1. The molecular weight excluding hydrogens is 230 g/mol. The van der Waals surface area contributed by atoms with E-state index in [1.807, 2.05) is 32.0 Å². The van der Waals surface area contributed by atoms with Gasteiger partial charge in [0.25, 0.3) is 0 Å². The zero-order chi connectivity index (χ0) is 13.2. The van der Waals surface area contributed by atoms with Crippen LogP contribution in [0.25, 0.3) is 0 Å². The van der Waals surface area contributed by atoms with Gasteiger partial charge in [0.05, 0.1) is 20.3 Å². The van der Waals surface area contributed by atoms with E-state index in [0.29, 0.717) is 13.2 Å². The van der Waals surface area contributed by atoms with Crippen molar-refractivity contribution in [2.75, 3.05) is 20.3 Å². The summed E-state index contributed by atoms with van der Waals surface area (Å²) in [6.07, 6.45) is 0.951. The molecule has 0 aliphatic carbocycles. The Hall–Kier alpha value is -1.26. The van der Waals surface area contributed by atoms with Crippen molar-refractivity contribution in [3.8, 4) is 11.5 Å². The lowest BCUT2D eigenvalue weighted by atomic mass is 9.96. The van der Waals surface area contributed by atoms with Gasteiger partial charge in [-0.2, -0.15) is 0 Å². The van der Waals surface area contributed by atoms with Gasteiger partial charge in [-0.3, -0.25) is 0 Å². The molecule has 1 aliphatic rings. The van der Waals surface area contributed by atoms with Gasteiger partial charge in [0.15, 0.2) is 11.5 Å². The van der Waals surface area contributed by atoms with Crippen molar-refractivity contribution in [1.29, 1.82) is 0 Å². The molecule has 0 unspecified atom stereocenters. The molecule has 0 bridgehead atoms. The molecule has 0 saturated carbocycles. The van der Waals surface area contributed by atoms with E-state index >= 15 is 0 Å². The van der Waals surface area contributed by atoms with Gasteiger partial charge < -0.3 is 19.9 Å². The van der Waals surface area contributed by atoms with Crippen molar-refractivity contribution >= 4 is 0 Å². The molecule has 4 nitrogen and oxygen atoms in total. The average molecular weight is 251 g/mol. The summed E-state index contributed by atoms with van der Waals surface area (Å²) in [4.78, 5) is 0. The number of benzene rings is 1. The fourth-order valence-corrected chi connectivity index (χ4v) is 1.91. The van der Waals surface area contributed by atoms with Crippen LogP contribution in [0.2, 0.25) is 0 Å². The molecule has 0 aromatic heterocycles. The lowest BCUT2D eigenvalue weighted by Gasteiger charge is -2.27. The van der Waals surface area contributed by atoms with Crippen LogP contribution >= 0.6 is 0 Å². The van der Waals surface area contributed by atoms with Crippen LogP contribution in [-0.4, -0.2) is 32.0 Å². The van der Waals surface area contributed by atoms with E-state index in [-0.39, 0.29) is 11.6 Å². The number of hydrogen-bond donors (Lipinski definition) is 1. The Kier molecular flexibility index (Phi) is 3.78. The fourth-order valence-electron chi connectivity index (χ4n) is 1.91. The molecule has 0 amide bonds. The third-order valence-electron chi connectivity index (χ3n) is 2.79. The van der Waals surface area contributed by atoms with Gasteiger partial charge in [0, 0.05) is 5.54 Å². The first-order valence-corrected chi connectivity index (χ1v) is 6.18. The van der Waals surface area contributed by atoms with Crippen molar-refractivity contribution in [2.45, 2.75) is 31.9 Å². The largest absolute Gasteiger partial charge is 0.493 e. The summed E-state index contributed by atoms with van der Waals surface area (Å²) < 4.78 is 16.2. The summed E-state index contributed by atoms with van der Waals surface area (Å²) in [5.41, 5.74) is 6.94. The highest BCUT2D eigenvalue weighted by molar-refractivity contribution is 5.43. The normalized spacial score (nSPS) is 16.2. The molecule has 2 N–H and O–H groups in total. The highest BCUT2D eigenvalue weighted by Gasteiger charge is 2.22. The molecule has 0 atom stereocenters. The van der Waals surface area contributed by atoms with Crippen LogP contribution in [0, 0.1) is 0 Å². The van der Waals surface area contributed by atoms with Gasteiger partial charge >= 0.3 is 0 Å². The van der Waals surface area contributed by atoms with Crippen molar-refractivity contribution in [2.24, 2.45) is 5.73 Å². The number of hydrogen-bond acceptors (Lipinski definition) is 4. The van der Waals surface area contributed by atoms with Crippen LogP contribution in [0.1, 0.15) is 19.4 Å². The van der Waals surface area contributed by atoms with Gasteiger partial charge in [-0.25, -0.2) is 0 Å².